The van der Waals surface area contributed by atoms with E-state index in [9.17, 15) is 28.2 Å². The molecule has 2 rings (SSSR count). The van der Waals surface area contributed by atoms with Crippen molar-refractivity contribution in [1.82, 2.24) is 0 Å². The number of aliphatic hydroxyl groups excluding tert-OH is 2. The molecule has 2 aromatic rings. The van der Waals surface area contributed by atoms with Gasteiger partial charge in [0.1, 0.15) is 0 Å². The fraction of sp³-hybridized carbons (Fsp3) is 0.316. The van der Waals surface area contributed by atoms with Crippen LogP contribution in [0.25, 0.3) is 0 Å². The summed E-state index contributed by atoms with van der Waals surface area (Å²) in [5.41, 5.74) is -1.44. The molecular formula is C19H19ClF3NO4S. The first kappa shape index (κ1) is 23.5. The van der Waals surface area contributed by atoms with Crippen molar-refractivity contribution >= 4 is 35.0 Å². The number of thioether (sulfide) groups is 1. The summed E-state index contributed by atoms with van der Waals surface area (Å²) >= 11 is 7.24. The number of carbonyl (C=O) groups is 1. The van der Waals surface area contributed by atoms with E-state index in [1.165, 1.54) is 25.1 Å². The van der Waals surface area contributed by atoms with E-state index in [0.29, 0.717) is 22.1 Å². The van der Waals surface area contributed by atoms with Gasteiger partial charge in [-0.2, -0.15) is 0 Å². The van der Waals surface area contributed by atoms with Crippen LogP contribution in [0, 0.1) is 17.5 Å². The van der Waals surface area contributed by atoms with Crippen molar-refractivity contribution in [3.63, 3.8) is 0 Å². The quantitative estimate of drug-likeness (QED) is 0.365. The number of benzene rings is 2. The van der Waals surface area contributed by atoms with Gasteiger partial charge >= 0.3 is 0 Å². The summed E-state index contributed by atoms with van der Waals surface area (Å²) in [5, 5.41) is 31.3. The molecule has 29 heavy (non-hydrogen) atoms. The third-order valence-electron chi connectivity index (χ3n) is 3.86. The van der Waals surface area contributed by atoms with Gasteiger partial charge in [0.15, 0.2) is 17.5 Å². The van der Waals surface area contributed by atoms with E-state index in [1.807, 2.05) is 0 Å². The largest absolute Gasteiger partial charge is 0.394 e. The maximum Gasteiger partial charge on any atom is 0.255 e. The number of nitrogens with one attached hydrogen (secondary N) is 1. The summed E-state index contributed by atoms with van der Waals surface area (Å²) in [4.78, 5) is 12.8. The summed E-state index contributed by atoms with van der Waals surface area (Å²) < 4.78 is 39.6. The fourth-order valence-corrected chi connectivity index (χ4v) is 3.73. The zero-order chi connectivity index (χ0) is 21.8. The Labute approximate surface area is 174 Å². The van der Waals surface area contributed by atoms with E-state index in [4.69, 9.17) is 16.7 Å². The van der Waals surface area contributed by atoms with Gasteiger partial charge in [0, 0.05) is 40.5 Å². The van der Waals surface area contributed by atoms with Crippen LogP contribution in [0.4, 0.5) is 18.9 Å². The molecule has 0 fully saturated rings. The number of halogens is 4. The molecule has 0 radical (unpaired) electrons. The molecule has 0 saturated heterocycles. The number of carbonyl (C=O) groups excluding carboxylic acids is 1. The average Bonchev–Trinajstić information content (AvgIpc) is 2.64. The van der Waals surface area contributed by atoms with Gasteiger partial charge in [-0.3, -0.25) is 4.79 Å². The first-order chi connectivity index (χ1) is 13.5. The van der Waals surface area contributed by atoms with Gasteiger partial charge in [-0.15, -0.1) is 11.8 Å². The van der Waals surface area contributed by atoms with Gasteiger partial charge in [0.25, 0.3) is 5.91 Å². The standard InChI is InChI=1S/C19H19ClF3NO4S/c1-19(28,7-12(26)8-25)9-29-16-4-10(2-3-13(16)20)18(27)24-11-5-14(21)17(23)15(22)6-11/h2-6,12,25-26,28H,7-9H2,1H3,(H,24,27). The van der Waals surface area contributed by atoms with Crippen LogP contribution in [0.3, 0.4) is 0 Å². The second kappa shape index (κ2) is 9.82. The van der Waals surface area contributed by atoms with E-state index in [0.717, 1.165) is 11.8 Å². The fourth-order valence-electron chi connectivity index (χ4n) is 2.45. The third kappa shape index (κ3) is 6.61. The molecule has 0 aromatic heterocycles. The highest BCUT2D eigenvalue weighted by atomic mass is 35.5. The maximum atomic E-state index is 13.3. The number of hydrogen-bond acceptors (Lipinski definition) is 5. The molecule has 2 unspecified atom stereocenters. The lowest BCUT2D eigenvalue weighted by Gasteiger charge is -2.25. The molecule has 2 atom stereocenters. The van der Waals surface area contributed by atoms with Crippen LogP contribution in [-0.2, 0) is 0 Å². The Hall–Kier alpha value is -1.78. The monoisotopic (exact) mass is 449 g/mol. The minimum absolute atomic E-state index is 0.0595. The molecule has 2 aromatic carbocycles. The Kier molecular flexibility index (Phi) is 7.95. The molecule has 0 aliphatic rings. The second-order valence-corrected chi connectivity index (χ2v) is 8.10. The second-order valence-electron chi connectivity index (χ2n) is 6.68. The zero-order valence-electron chi connectivity index (χ0n) is 15.3. The number of rotatable bonds is 8. The molecule has 5 nitrogen and oxygen atoms in total. The molecule has 0 spiro atoms. The SMILES string of the molecule is CC(O)(CSc1cc(C(=O)Nc2cc(F)c(F)c(F)c2)ccc1Cl)CC(O)CO. The highest BCUT2D eigenvalue weighted by Gasteiger charge is 2.25. The molecular weight excluding hydrogens is 431 g/mol. The lowest BCUT2D eigenvalue weighted by Crippen LogP contribution is -2.34. The van der Waals surface area contributed by atoms with Crippen molar-refractivity contribution in [3.05, 3.63) is 58.4 Å². The van der Waals surface area contributed by atoms with Crippen LogP contribution in [-0.4, -0.2) is 45.3 Å². The molecule has 0 aliphatic heterocycles. The summed E-state index contributed by atoms with van der Waals surface area (Å²) in [6.07, 6.45) is -1.13. The van der Waals surface area contributed by atoms with Crippen molar-refractivity contribution < 1.29 is 33.3 Å². The Balaban J connectivity index is 2.12. The van der Waals surface area contributed by atoms with Crippen LogP contribution in [0.15, 0.2) is 35.2 Å². The van der Waals surface area contributed by atoms with Crippen LogP contribution in [0.5, 0.6) is 0 Å². The van der Waals surface area contributed by atoms with Crippen LogP contribution in [0.1, 0.15) is 23.7 Å². The van der Waals surface area contributed by atoms with Crippen LogP contribution in [0.2, 0.25) is 5.02 Å². The maximum absolute atomic E-state index is 13.3. The number of anilines is 1. The summed E-state index contributed by atoms with van der Waals surface area (Å²) in [5.74, 6) is -5.08. The predicted molar refractivity (Wildman–Crippen MR) is 105 cm³/mol. The summed E-state index contributed by atoms with van der Waals surface area (Å²) in [7, 11) is 0. The lowest BCUT2D eigenvalue weighted by molar-refractivity contribution is 0.000275. The summed E-state index contributed by atoms with van der Waals surface area (Å²) in [6.45, 7) is 1.00. The van der Waals surface area contributed by atoms with Gasteiger partial charge in [0.05, 0.1) is 23.3 Å². The Bertz CT molecular complexity index is 875. The van der Waals surface area contributed by atoms with Crippen molar-refractivity contribution in [2.24, 2.45) is 0 Å². The molecule has 158 valence electrons. The van der Waals surface area contributed by atoms with Crippen molar-refractivity contribution in [1.29, 1.82) is 0 Å². The molecule has 0 bridgehead atoms. The van der Waals surface area contributed by atoms with Crippen LogP contribution < -0.4 is 5.32 Å². The number of amides is 1. The highest BCUT2D eigenvalue weighted by molar-refractivity contribution is 7.99. The highest BCUT2D eigenvalue weighted by Crippen LogP contribution is 2.32. The molecule has 0 saturated carbocycles. The smallest absolute Gasteiger partial charge is 0.255 e. The molecule has 4 N–H and O–H groups in total. The molecule has 1 amide bonds. The minimum atomic E-state index is -1.63. The van der Waals surface area contributed by atoms with E-state index < -0.39 is 41.7 Å². The topological polar surface area (TPSA) is 89.8 Å². The predicted octanol–water partition coefficient (Wildman–Crippen LogP) is 3.60. The first-order valence-electron chi connectivity index (χ1n) is 8.42. The minimum Gasteiger partial charge on any atom is -0.394 e. The molecule has 0 heterocycles. The van der Waals surface area contributed by atoms with Gasteiger partial charge in [-0.05, 0) is 25.1 Å². The zero-order valence-corrected chi connectivity index (χ0v) is 16.8. The average molecular weight is 450 g/mol. The van der Waals surface area contributed by atoms with Crippen molar-refractivity contribution in [3.8, 4) is 0 Å². The van der Waals surface area contributed by atoms with Gasteiger partial charge in [-0.1, -0.05) is 11.6 Å². The number of aliphatic hydroxyl groups is 3. The van der Waals surface area contributed by atoms with E-state index in [1.54, 1.807) is 0 Å². The Morgan fingerprint density at radius 3 is 2.45 bits per heavy atom. The van der Waals surface area contributed by atoms with Gasteiger partial charge < -0.3 is 20.6 Å². The van der Waals surface area contributed by atoms with Gasteiger partial charge in [-0.25, -0.2) is 13.2 Å². The Morgan fingerprint density at radius 1 is 1.24 bits per heavy atom. The van der Waals surface area contributed by atoms with E-state index in [-0.39, 0.29) is 23.4 Å². The third-order valence-corrected chi connectivity index (χ3v) is 5.72. The number of hydrogen-bond donors (Lipinski definition) is 4. The van der Waals surface area contributed by atoms with E-state index in [2.05, 4.69) is 5.32 Å². The van der Waals surface area contributed by atoms with Gasteiger partial charge in [0.2, 0.25) is 0 Å². The van der Waals surface area contributed by atoms with Crippen molar-refractivity contribution in [2.45, 2.75) is 29.9 Å². The normalized spacial score (nSPS) is 14.3. The van der Waals surface area contributed by atoms with Crippen molar-refractivity contribution in [2.75, 3.05) is 17.7 Å². The molecule has 0 aliphatic carbocycles. The summed E-state index contributed by atoms with van der Waals surface area (Å²) in [6, 6.07) is 5.59. The molecule has 10 heteroatoms. The first-order valence-corrected chi connectivity index (χ1v) is 9.78. The van der Waals surface area contributed by atoms with E-state index >= 15 is 0 Å². The lowest BCUT2D eigenvalue weighted by atomic mass is 10.0. The van der Waals surface area contributed by atoms with Crippen LogP contribution >= 0.6 is 23.4 Å². The Morgan fingerprint density at radius 2 is 1.86 bits per heavy atom.